The van der Waals surface area contributed by atoms with Gasteiger partial charge in [0.1, 0.15) is 0 Å². The van der Waals surface area contributed by atoms with E-state index in [1.54, 1.807) is 12.1 Å². The molecule has 0 bridgehead atoms. The molecule has 3 atom stereocenters. The summed E-state index contributed by atoms with van der Waals surface area (Å²) in [5.74, 6) is 0.773. The molecule has 4 nitrogen and oxygen atoms in total. The number of rotatable bonds is 6. The molecule has 4 heteroatoms. The van der Waals surface area contributed by atoms with Gasteiger partial charge in [0.05, 0.1) is 5.56 Å². The first-order valence-corrected chi connectivity index (χ1v) is 7.90. The van der Waals surface area contributed by atoms with Crippen molar-refractivity contribution in [2.75, 3.05) is 19.6 Å². The third-order valence-corrected chi connectivity index (χ3v) is 4.76. The number of carboxylic acid groups (broad SMARTS) is 1. The predicted molar refractivity (Wildman–Crippen MR) is 82.4 cm³/mol. The number of hydrogen-bond donors (Lipinski definition) is 2. The summed E-state index contributed by atoms with van der Waals surface area (Å²) in [6, 6.07) is 8.02. The molecule has 1 aliphatic carbocycles. The van der Waals surface area contributed by atoms with Crippen molar-refractivity contribution in [3.63, 3.8) is 0 Å². The molecule has 1 heterocycles. The van der Waals surface area contributed by atoms with Gasteiger partial charge >= 0.3 is 5.97 Å². The van der Waals surface area contributed by atoms with Crippen LogP contribution in [0, 0.1) is 11.8 Å². The Bertz CT molecular complexity index is 500. The molecule has 21 heavy (non-hydrogen) atoms. The minimum atomic E-state index is -0.858. The van der Waals surface area contributed by atoms with Gasteiger partial charge < -0.3 is 10.4 Å². The summed E-state index contributed by atoms with van der Waals surface area (Å²) in [7, 11) is 0. The molecular weight excluding hydrogens is 264 g/mol. The van der Waals surface area contributed by atoms with E-state index in [2.05, 4.69) is 17.1 Å². The normalized spacial score (nSPS) is 28.7. The van der Waals surface area contributed by atoms with E-state index >= 15 is 0 Å². The molecule has 2 N–H and O–H groups in total. The monoisotopic (exact) mass is 288 g/mol. The lowest BCUT2D eigenvalue weighted by molar-refractivity contribution is 0.0697. The van der Waals surface area contributed by atoms with Crippen molar-refractivity contribution in [2.45, 2.75) is 32.4 Å². The fourth-order valence-electron chi connectivity index (χ4n) is 3.16. The Morgan fingerprint density at radius 3 is 2.71 bits per heavy atom. The van der Waals surface area contributed by atoms with E-state index in [-0.39, 0.29) is 0 Å². The fraction of sp³-hybridized carbons (Fsp3) is 0.588. The van der Waals surface area contributed by atoms with E-state index in [1.165, 1.54) is 18.4 Å². The third-order valence-electron chi connectivity index (χ3n) is 4.76. The van der Waals surface area contributed by atoms with Crippen LogP contribution >= 0.6 is 0 Å². The highest BCUT2D eigenvalue weighted by Crippen LogP contribution is 2.29. The molecule has 3 unspecified atom stereocenters. The van der Waals surface area contributed by atoms with Gasteiger partial charge in [-0.15, -0.1) is 0 Å². The van der Waals surface area contributed by atoms with Crippen molar-refractivity contribution in [3.8, 4) is 0 Å². The number of aromatic carboxylic acids is 1. The van der Waals surface area contributed by atoms with Crippen molar-refractivity contribution >= 4 is 5.97 Å². The first kappa shape index (κ1) is 14.5. The SMILES string of the molecule is CC1CC1NCC1CCN(Cc2ccc(C(=O)O)cc2)C1. The second-order valence-corrected chi connectivity index (χ2v) is 6.62. The summed E-state index contributed by atoms with van der Waals surface area (Å²) in [5, 5.41) is 12.6. The molecule has 3 rings (SSSR count). The number of benzene rings is 1. The summed E-state index contributed by atoms with van der Waals surface area (Å²) in [6.07, 6.45) is 2.60. The van der Waals surface area contributed by atoms with Crippen LogP contribution < -0.4 is 5.32 Å². The van der Waals surface area contributed by atoms with Crippen molar-refractivity contribution in [3.05, 3.63) is 35.4 Å². The first-order valence-electron chi connectivity index (χ1n) is 7.90. The second-order valence-electron chi connectivity index (χ2n) is 6.62. The van der Waals surface area contributed by atoms with Gasteiger partial charge in [-0.25, -0.2) is 4.79 Å². The van der Waals surface area contributed by atoms with Gasteiger partial charge in [0.25, 0.3) is 0 Å². The lowest BCUT2D eigenvalue weighted by Gasteiger charge is -2.16. The quantitative estimate of drug-likeness (QED) is 0.842. The Kier molecular flexibility index (Phi) is 4.27. The largest absolute Gasteiger partial charge is 0.478 e. The maximum atomic E-state index is 10.8. The Hall–Kier alpha value is -1.39. The summed E-state index contributed by atoms with van der Waals surface area (Å²) in [4.78, 5) is 13.3. The number of nitrogens with one attached hydrogen (secondary N) is 1. The Labute approximate surface area is 126 Å². The average Bonchev–Trinajstić information content (AvgIpc) is 2.99. The molecule has 2 fully saturated rings. The summed E-state index contributed by atoms with van der Waals surface area (Å²) in [6.45, 7) is 6.67. The van der Waals surface area contributed by atoms with E-state index < -0.39 is 5.97 Å². The van der Waals surface area contributed by atoms with Gasteiger partial charge in [-0.2, -0.15) is 0 Å². The van der Waals surface area contributed by atoms with Crippen LogP contribution in [-0.2, 0) is 6.54 Å². The number of likely N-dealkylation sites (tertiary alicyclic amines) is 1. The molecule has 0 amide bonds. The summed E-state index contributed by atoms with van der Waals surface area (Å²) >= 11 is 0. The number of carboxylic acids is 1. The van der Waals surface area contributed by atoms with Crippen LogP contribution in [-0.4, -0.2) is 41.7 Å². The molecule has 1 saturated carbocycles. The first-order chi connectivity index (χ1) is 10.1. The van der Waals surface area contributed by atoms with Crippen molar-refractivity contribution < 1.29 is 9.90 Å². The highest BCUT2D eigenvalue weighted by atomic mass is 16.4. The number of carbonyl (C=O) groups is 1. The molecule has 0 spiro atoms. The molecule has 1 aromatic carbocycles. The zero-order chi connectivity index (χ0) is 14.8. The van der Waals surface area contributed by atoms with Crippen LogP contribution in [0.2, 0.25) is 0 Å². The standard InChI is InChI=1S/C17H24N2O2/c1-12-8-16(12)18-9-14-6-7-19(11-14)10-13-2-4-15(5-3-13)17(20)21/h2-5,12,14,16,18H,6-11H2,1H3,(H,20,21). The van der Waals surface area contributed by atoms with Crippen LogP contribution in [0.25, 0.3) is 0 Å². The highest BCUT2D eigenvalue weighted by Gasteiger charge is 2.33. The minimum absolute atomic E-state index is 0.362. The minimum Gasteiger partial charge on any atom is -0.478 e. The van der Waals surface area contributed by atoms with Crippen molar-refractivity contribution in [1.29, 1.82) is 0 Å². The van der Waals surface area contributed by atoms with Gasteiger partial charge in [0.15, 0.2) is 0 Å². The van der Waals surface area contributed by atoms with Crippen LogP contribution in [0.4, 0.5) is 0 Å². The van der Waals surface area contributed by atoms with E-state index in [1.807, 2.05) is 12.1 Å². The van der Waals surface area contributed by atoms with Gasteiger partial charge in [0, 0.05) is 19.1 Å². The molecule has 0 radical (unpaired) electrons. The predicted octanol–water partition coefficient (Wildman–Crippen LogP) is 2.20. The molecule has 0 aromatic heterocycles. The third kappa shape index (κ3) is 3.83. The average molecular weight is 288 g/mol. The van der Waals surface area contributed by atoms with Crippen LogP contribution in [0.1, 0.15) is 35.7 Å². The summed E-state index contributed by atoms with van der Waals surface area (Å²) < 4.78 is 0. The lowest BCUT2D eigenvalue weighted by atomic mass is 10.1. The second kappa shape index (κ2) is 6.16. The van der Waals surface area contributed by atoms with E-state index in [4.69, 9.17) is 5.11 Å². The van der Waals surface area contributed by atoms with Crippen LogP contribution in [0.5, 0.6) is 0 Å². The summed E-state index contributed by atoms with van der Waals surface area (Å²) in [5.41, 5.74) is 1.56. The van der Waals surface area contributed by atoms with Gasteiger partial charge in [-0.1, -0.05) is 19.1 Å². The van der Waals surface area contributed by atoms with Gasteiger partial charge in [-0.05, 0) is 55.5 Å². The zero-order valence-electron chi connectivity index (χ0n) is 12.6. The van der Waals surface area contributed by atoms with Crippen molar-refractivity contribution in [1.82, 2.24) is 10.2 Å². The van der Waals surface area contributed by atoms with Crippen molar-refractivity contribution in [2.24, 2.45) is 11.8 Å². The smallest absolute Gasteiger partial charge is 0.335 e. The van der Waals surface area contributed by atoms with Crippen LogP contribution in [0.3, 0.4) is 0 Å². The molecule has 1 aliphatic heterocycles. The van der Waals surface area contributed by atoms with E-state index in [0.29, 0.717) is 5.56 Å². The van der Waals surface area contributed by atoms with Crippen LogP contribution in [0.15, 0.2) is 24.3 Å². The highest BCUT2D eigenvalue weighted by molar-refractivity contribution is 5.87. The fourth-order valence-corrected chi connectivity index (χ4v) is 3.16. The Morgan fingerprint density at radius 1 is 1.38 bits per heavy atom. The maximum absolute atomic E-state index is 10.8. The molecular formula is C17H24N2O2. The maximum Gasteiger partial charge on any atom is 0.335 e. The lowest BCUT2D eigenvalue weighted by Crippen LogP contribution is -2.28. The molecule has 1 saturated heterocycles. The Morgan fingerprint density at radius 2 is 2.10 bits per heavy atom. The molecule has 1 aromatic rings. The van der Waals surface area contributed by atoms with E-state index in [0.717, 1.165) is 44.1 Å². The molecule has 114 valence electrons. The van der Waals surface area contributed by atoms with Gasteiger partial charge in [0.2, 0.25) is 0 Å². The number of hydrogen-bond acceptors (Lipinski definition) is 3. The topological polar surface area (TPSA) is 52.6 Å². The zero-order valence-corrected chi connectivity index (χ0v) is 12.6. The Balaban J connectivity index is 1.44. The number of nitrogens with zero attached hydrogens (tertiary/aromatic N) is 1. The van der Waals surface area contributed by atoms with E-state index in [9.17, 15) is 4.79 Å². The molecule has 2 aliphatic rings. The van der Waals surface area contributed by atoms with Gasteiger partial charge in [-0.3, -0.25) is 4.90 Å².